The zero-order valence-electron chi connectivity index (χ0n) is 20.7. The van der Waals surface area contributed by atoms with Crippen LogP contribution in [0.1, 0.15) is 42.9 Å². The Balaban J connectivity index is 1.35. The predicted octanol–water partition coefficient (Wildman–Crippen LogP) is 5.17. The van der Waals surface area contributed by atoms with E-state index in [4.69, 9.17) is 9.97 Å². The molecule has 1 aliphatic carbocycles. The van der Waals surface area contributed by atoms with Gasteiger partial charge in [0.25, 0.3) is 0 Å². The van der Waals surface area contributed by atoms with Gasteiger partial charge in [-0.05, 0) is 81.6 Å². The number of pyridine rings is 2. The van der Waals surface area contributed by atoms with E-state index in [-0.39, 0.29) is 5.69 Å². The highest BCUT2D eigenvalue weighted by Gasteiger charge is 2.28. The topological polar surface area (TPSA) is 78.9 Å². The summed E-state index contributed by atoms with van der Waals surface area (Å²) in [4.78, 5) is 20.9. The van der Waals surface area contributed by atoms with Gasteiger partial charge in [-0.3, -0.25) is 4.98 Å². The van der Waals surface area contributed by atoms with Crippen molar-refractivity contribution < 1.29 is 8.78 Å². The number of rotatable bonds is 7. The van der Waals surface area contributed by atoms with Crippen molar-refractivity contribution in [2.75, 3.05) is 25.5 Å². The van der Waals surface area contributed by atoms with Gasteiger partial charge in [-0.1, -0.05) is 6.07 Å². The molecule has 1 aromatic carbocycles. The fourth-order valence-electron chi connectivity index (χ4n) is 4.99. The predicted molar refractivity (Wildman–Crippen MR) is 140 cm³/mol. The molecule has 0 atom stereocenters. The van der Waals surface area contributed by atoms with Crippen LogP contribution in [0, 0.1) is 11.6 Å². The minimum atomic E-state index is -0.685. The zero-order valence-corrected chi connectivity index (χ0v) is 20.7. The van der Waals surface area contributed by atoms with Gasteiger partial charge in [0.15, 0.2) is 5.82 Å². The van der Waals surface area contributed by atoms with Crippen molar-refractivity contribution in [3.05, 3.63) is 71.8 Å². The average molecular weight is 502 g/mol. The number of anilines is 2. The van der Waals surface area contributed by atoms with Gasteiger partial charge < -0.3 is 15.5 Å². The molecule has 1 saturated heterocycles. The third-order valence-electron chi connectivity index (χ3n) is 7.24. The fraction of sp³-hybridized carbons (Fsp3) is 0.357. The summed E-state index contributed by atoms with van der Waals surface area (Å²) in [6.07, 6.45) is 9.87. The van der Waals surface area contributed by atoms with Gasteiger partial charge in [-0.2, -0.15) is 0 Å². The summed E-state index contributed by atoms with van der Waals surface area (Å²) in [6.45, 7) is 2.81. The molecule has 2 N–H and O–H groups in total. The number of hydrogen-bond donors (Lipinski definition) is 2. The molecule has 0 spiro atoms. The molecule has 4 aromatic rings. The van der Waals surface area contributed by atoms with Gasteiger partial charge in [0.2, 0.25) is 0 Å². The summed E-state index contributed by atoms with van der Waals surface area (Å²) >= 11 is 0. The number of benzene rings is 1. The summed E-state index contributed by atoms with van der Waals surface area (Å²) in [5, 5.41) is 7.57. The fourth-order valence-corrected chi connectivity index (χ4v) is 4.99. The first-order valence-corrected chi connectivity index (χ1v) is 12.8. The number of fused-ring (bicyclic) bond motifs is 1. The molecule has 9 heteroatoms. The van der Waals surface area contributed by atoms with E-state index in [1.165, 1.54) is 23.8 Å². The van der Waals surface area contributed by atoms with Crippen LogP contribution < -0.4 is 10.6 Å². The number of piperidine rings is 1. The van der Waals surface area contributed by atoms with Gasteiger partial charge in [0.05, 0.1) is 17.4 Å². The number of nitrogens with zero attached hydrogens (tertiary/aromatic N) is 5. The number of hydrogen-bond acceptors (Lipinski definition) is 7. The molecule has 4 heterocycles. The van der Waals surface area contributed by atoms with Crippen LogP contribution in [0.2, 0.25) is 0 Å². The number of nitrogens with one attached hydrogen (secondary N) is 2. The first-order chi connectivity index (χ1) is 18.0. The van der Waals surface area contributed by atoms with E-state index in [2.05, 4.69) is 32.5 Å². The number of likely N-dealkylation sites (tertiary alicyclic amines) is 1. The second-order valence-corrected chi connectivity index (χ2v) is 10.0. The van der Waals surface area contributed by atoms with E-state index in [1.807, 2.05) is 6.20 Å². The van der Waals surface area contributed by atoms with Crippen molar-refractivity contribution in [3.63, 3.8) is 0 Å². The molecule has 7 nitrogen and oxygen atoms in total. The van der Waals surface area contributed by atoms with Crippen LogP contribution in [-0.4, -0.2) is 51.0 Å². The average Bonchev–Trinajstić information content (AvgIpc) is 3.76. The van der Waals surface area contributed by atoms with E-state index in [1.54, 1.807) is 24.5 Å². The molecule has 190 valence electrons. The molecule has 37 heavy (non-hydrogen) atoms. The minimum Gasteiger partial charge on any atom is -0.335 e. The van der Waals surface area contributed by atoms with Crippen molar-refractivity contribution in [3.8, 4) is 11.4 Å². The van der Waals surface area contributed by atoms with Gasteiger partial charge in [-0.25, -0.2) is 23.7 Å². The van der Waals surface area contributed by atoms with Crippen LogP contribution in [0.4, 0.5) is 20.3 Å². The number of para-hydroxylation sites is 1. The Bertz CT molecular complexity index is 1410. The molecule has 0 radical (unpaired) electrons. The van der Waals surface area contributed by atoms with Crippen molar-refractivity contribution in [1.29, 1.82) is 0 Å². The smallest absolute Gasteiger partial charge is 0.160 e. The number of halogens is 2. The normalized spacial score (nSPS) is 16.8. The van der Waals surface area contributed by atoms with Crippen molar-refractivity contribution >= 4 is 22.4 Å². The minimum absolute atomic E-state index is 0.243. The van der Waals surface area contributed by atoms with Crippen molar-refractivity contribution in [1.82, 2.24) is 30.2 Å². The van der Waals surface area contributed by atoms with E-state index < -0.39 is 11.6 Å². The number of aromatic nitrogens is 4. The largest absolute Gasteiger partial charge is 0.335 e. The second-order valence-electron chi connectivity index (χ2n) is 10.0. The molecular formula is C28H29F2N7. The monoisotopic (exact) mass is 501 g/mol. The Labute approximate surface area is 214 Å². The maximum atomic E-state index is 14.2. The molecule has 1 aliphatic heterocycles. The Hall–Kier alpha value is -3.56. The van der Waals surface area contributed by atoms with Gasteiger partial charge in [0, 0.05) is 35.9 Å². The third-order valence-corrected chi connectivity index (χ3v) is 7.24. The van der Waals surface area contributed by atoms with E-state index in [0.717, 1.165) is 55.4 Å². The molecular weight excluding hydrogens is 472 g/mol. The second kappa shape index (κ2) is 10.1. The van der Waals surface area contributed by atoms with E-state index >= 15 is 0 Å². The van der Waals surface area contributed by atoms with Crippen molar-refractivity contribution in [2.24, 2.45) is 0 Å². The van der Waals surface area contributed by atoms with Gasteiger partial charge >= 0.3 is 0 Å². The first kappa shape index (κ1) is 23.8. The third kappa shape index (κ3) is 5.14. The van der Waals surface area contributed by atoms with Crippen LogP contribution in [0.25, 0.3) is 22.3 Å². The lowest BCUT2D eigenvalue weighted by molar-refractivity contribution is 0.234. The molecule has 0 amide bonds. The summed E-state index contributed by atoms with van der Waals surface area (Å²) < 4.78 is 28.4. The summed E-state index contributed by atoms with van der Waals surface area (Å²) in [5.41, 5.74) is 3.44. The highest BCUT2D eigenvalue weighted by Crippen LogP contribution is 2.43. The van der Waals surface area contributed by atoms with Gasteiger partial charge in [0.1, 0.15) is 23.1 Å². The first-order valence-electron chi connectivity index (χ1n) is 12.8. The summed E-state index contributed by atoms with van der Waals surface area (Å²) in [5.74, 6) is -0.0201. The SMILES string of the molecule is CN1CCC(NCc2nc(-c3ccnc(Nc4c(F)cccc4F)c3)nc3cncc(C4CC4)c23)CC1. The van der Waals surface area contributed by atoms with Crippen LogP contribution in [0.15, 0.2) is 48.9 Å². The Morgan fingerprint density at radius 3 is 2.54 bits per heavy atom. The lowest BCUT2D eigenvalue weighted by atomic mass is 10.0. The van der Waals surface area contributed by atoms with Gasteiger partial charge in [-0.15, -0.1) is 0 Å². The maximum Gasteiger partial charge on any atom is 0.160 e. The van der Waals surface area contributed by atoms with E-state index in [0.29, 0.717) is 35.7 Å². The highest BCUT2D eigenvalue weighted by molar-refractivity contribution is 5.86. The quantitative estimate of drug-likeness (QED) is 0.362. The maximum absolute atomic E-state index is 14.2. The molecule has 0 bridgehead atoms. The van der Waals surface area contributed by atoms with Crippen LogP contribution in [-0.2, 0) is 6.54 Å². The van der Waals surface area contributed by atoms with Crippen LogP contribution >= 0.6 is 0 Å². The molecule has 6 rings (SSSR count). The Morgan fingerprint density at radius 2 is 1.78 bits per heavy atom. The van der Waals surface area contributed by atoms with Crippen LogP contribution in [0.3, 0.4) is 0 Å². The van der Waals surface area contributed by atoms with Crippen molar-refractivity contribution in [2.45, 2.75) is 44.2 Å². The zero-order chi connectivity index (χ0) is 25.4. The van der Waals surface area contributed by atoms with E-state index in [9.17, 15) is 8.78 Å². The lowest BCUT2D eigenvalue weighted by Crippen LogP contribution is -2.40. The molecule has 0 unspecified atom stereocenters. The molecule has 2 aliphatic rings. The van der Waals surface area contributed by atoms with Crippen LogP contribution in [0.5, 0.6) is 0 Å². The molecule has 1 saturated carbocycles. The lowest BCUT2D eigenvalue weighted by Gasteiger charge is -2.29. The molecule has 2 fully saturated rings. The summed E-state index contributed by atoms with van der Waals surface area (Å²) in [6, 6.07) is 7.69. The standard InChI is InChI=1S/C28H29F2N7/c1-37-11-8-19(9-12-37)33-16-24-26-20(17-5-6-17)14-31-15-23(26)34-28(35-24)18-7-10-32-25(13-18)36-27-21(29)3-2-4-22(27)30/h2-4,7,10,13-15,17,19,33H,5-6,8-9,11-12,16H2,1H3,(H,32,36). The molecule has 3 aromatic heterocycles. The Kier molecular flexibility index (Phi) is 6.48. The highest BCUT2D eigenvalue weighted by atomic mass is 19.1. The summed E-state index contributed by atoms with van der Waals surface area (Å²) in [7, 11) is 2.16. The Morgan fingerprint density at radius 1 is 1.00 bits per heavy atom.